The van der Waals surface area contributed by atoms with E-state index in [-0.39, 0.29) is 24.3 Å². The number of carbonyl (C=O) groups is 2. The maximum Gasteiger partial charge on any atom is 0.246 e. The molecule has 4 rings (SSSR count). The van der Waals surface area contributed by atoms with Crippen LogP contribution in [0.5, 0.6) is 0 Å². The van der Waals surface area contributed by atoms with Crippen LogP contribution in [0.15, 0.2) is 29.9 Å². The maximum absolute atomic E-state index is 12.2. The lowest BCUT2D eigenvalue weighted by molar-refractivity contribution is -0.122. The van der Waals surface area contributed by atoms with Crippen LogP contribution >= 0.6 is 11.3 Å². The Balaban J connectivity index is 1.35. The highest BCUT2D eigenvalue weighted by Crippen LogP contribution is 2.27. The highest BCUT2D eigenvalue weighted by atomic mass is 32.1. The fourth-order valence-corrected chi connectivity index (χ4v) is 3.33. The van der Waals surface area contributed by atoms with Gasteiger partial charge >= 0.3 is 0 Å². The van der Waals surface area contributed by atoms with Crippen molar-refractivity contribution in [2.45, 2.75) is 25.8 Å². The van der Waals surface area contributed by atoms with Gasteiger partial charge in [-0.25, -0.2) is 9.67 Å². The van der Waals surface area contributed by atoms with Gasteiger partial charge in [0.25, 0.3) is 0 Å². The number of amides is 2. The molecule has 0 unspecified atom stereocenters. The van der Waals surface area contributed by atoms with Crippen molar-refractivity contribution in [3.63, 3.8) is 0 Å². The van der Waals surface area contributed by atoms with Gasteiger partial charge in [-0.15, -0.1) is 16.4 Å². The summed E-state index contributed by atoms with van der Waals surface area (Å²) in [4.78, 5) is 28.2. The Morgan fingerprint density at radius 3 is 2.96 bits per heavy atom. The van der Waals surface area contributed by atoms with Crippen LogP contribution in [-0.4, -0.2) is 31.8 Å². The number of hydrogen-bond donors (Lipinski definition) is 2. The molecule has 1 aliphatic carbocycles. The number of anilines is 2. The van der Waals surface area contributed by atoms with E-state index in [0.717, 1.165) is 29.5 Å². The molecule has 9 heteroatoms. The van der Waals surface area contributed by atoms with Gasteiger partial charge in [0, 0.05) is 11.6 Å². The molecule has 2 amide bonds. The van der Waals surface area contributed by atoms with Crippen LogP contribution in [0.25, 0.3) is 10.2 Å². The van der Waals surface area contributed by atoms with Crippen molar-refractivity contribution in [3.05, 3.63) is 29.9 Å². The topological polar surface area (TPSA) is 102 Å². The maximum atomic E-state index is 12.2. The molecule has 0 atom stereocenters. The molecule has 2 heterocycles. The number of nitrogens with zero attached hydrogens (tertiary/aromatic N) is 4. The first-order valence-electron chi connectivity index (χ1n) is 8.01. The van der Waals surface area contributed by atoms with Crippen molar-refractivity contribution in [1.82, 2.24) is 20.0 Å². The zero-order valence-corrected chi connectivity index (χ0v) is 14.1. The molecule has 25 heavy (non-hydrogen) atoms. The van der Waals surface area contributed by atoms with Gasteiger partial charge in [-0.3, -0.25) is 9.59 Å². The van der Waals surface area contributed by atoms with Crippen molar-refractivity contribution < 1.29 is 9.59 Å². The van der Waals surface area contributed by atoms with Crippen LogP contribution in [0.2, 0.25) is 0 Å². The summed E-state index contributed by atoms with van der Waals surface area (Å²) >= 11 is 1.52. The number of aromatic nitrogens is 4. The molecule has 128 valence electrons. The van der Waals surface area contributed by atoms with Gasteiger partial charge in [0.05, 0.1) is 21.9 Å². The normalized spacial score (nSPS) is 14.2. The van der Waals surface area contributed by atoms with E-state index in [2.05, 4.69) is 25.9 Å². The van der Waals surface area contributed by atoms with E-state index in [1.54, 1.807) is 11.7 Å². The van der Waals surface area contributed by atoms with Crippen LogP contribution in [0.1, 0.15) is 19.3 Å². The minimum atomic E-state index is -0.217. The van der Waals surface area contributed by atoms with Crippen LogP contribution in [-0.2, 0) is 16.1 Å². The lowest BCUT2D eigenvalue weighted by Gasteiger charge is -2.23. The van der Waals surface area contributed by atoms with Crippen LogP contribution in [0.3, 0.4) is 0 Å². The number of nitrogens with one attached hydrogen (secondary N) is 2. The monoisotopic (exact) mass is 356 g/mol. The van der Waals surface area contributed by atoms with Gasteiger partial charge in [0.15, 0.2) is 5.82 Å². The summed E-state index contributed by atoms with van der Waals surface area (Å²) in [7, 11) is 0. The predicted molar refractivity (Wildman–Crippen MR) is 94.2 cm³/mol. The van der Waals surface area contributed by atoms with Crippen molar-refractivity contribution in [3.8, 4) is 0 Å². The largest absolute Gasteiger partial charge is 0.324 e. The molecule has 1 aromatic carbocycles. The van der Waals surface area contributed by atoms with E-state index in [0.29, 0.717) is 11.5 Å². The molecule has 0 spiro atoms. The van der Waals surface area contributed by atoms with E-state index < -0.39 is 0 Å². The molecule has 1 saturated carbocycles. The van der Waals surface area contributed by atoms with E-state index in [1.807, 2.05) is 18.2 Å². The third-order valence-corrected chi connectivity index (χ3v) is 4.98. The second kappa shape index (κ2) is 6.60. The van der Waals surface area contributed by atoms with Gasteiger partial charge in [-0.05, 0) is 31.0 Å². The Hall–Kier alpha value is -2.81. The predicted octanol–water partition coefficient (Wildman–Crippen LogP) is 2.27. The number of thiazole rings is 1. The molecular weight excluding hydrogens is 340 g/mol. The van der Waals surface area contributed by atoms with Gasteiger partial charge in [-0.1, -0.05) is 11.6 Å². The zero-order valence-electron chi connectivity index (χ0n) is 13.3. The van der Waals surface area contributed by atoms with E-state index >= 15 is 0 Å². The van der Waals surface area contributed by atoms with E-state index in [9.17, 15) is 9.59 Å². The van der Waals surface area contributed by atoms with E-state index in [1.165, 1.54) is 16.0 Å². The van der Waals surface area contributed by atoms with E-state index in [4.69, 9.17) is 0 Å². The average molecular weight is 356 g/mol. The molecule has 3 aromatic rings. The Bertz CT molecular complexity index is 930. The average Bonchev–Trinajstić information content (AvgIpc) is 3.14. The number of hydrogen-bond acceptors (Lipinski definition) is 6. The van der Waals surface area contributed by atoms with Crippen LogP contribution < -0.4 is 10.6 Å². The molecule has 1 aliphatic rings. The first-order valence-corrected chi connectivity index (χ1v) is 8.89. The molecule has 0 aliphatic heterocycles. The minimum absolute atomic E-state index is 0.0209. The second-order valence-electron chi connectivity index (χ2n) is 6.00. The Kier molecular flexibility index (Phi) is 4.14. The number of fused-ring (bicyclic) bond motifs is 1. The first-order chi connectivity index (χ1) is 12.2. The van der Waals surface area contributed by atoms with Gasteiger partial charge in [-0.2, -0.15) is 0 Å². The third kappa shape index (κ3) is 3.50. The van der Waals surface area contributed by atoms with Crippen LogP contribution in [0, 0.1) is 5.92 Å². The zero-order chi connectivity index (χ0) is 17.2. The molecule has 1 fully saturated rings. The molecule has 0 saturated heterocycles. The Labute approximate surface area is 147 Å². The van der Waals surface area contributed by atoms with Crippen molar-refractivity contribution >= 4 is 44.9 Å². The fraction of sp³-hybridized carbons (Fsp3) is 0.312. The summed E-state index contributed by atoms with van der Waals surface area (Å²) in [5.41, 5.74) is 3.39. The number of benzene rings is 1. The third-order valence-electron chi connectivity index (χ3n) is 4.19. The van der Waals surface area contributed by atoms with Crippen molar-refractivity contribution in [2.24, 2.45) is 5.92 Å². The van der Waals surface area contributed by atoms with Gasteiger partial charge in [0.1, 0.15) is 6.54 Å². The Morgan fingerprint density at radius 2 is 2.16 bits per heavy atom. The Morgan fingerprint density at radius 1 is 1.28 bits per heavy atom. The summed E-state index contributed by atoms with van der Waals surface area (Å²) in [6.07, 6.45) is 4.50. The molecule has 8 nitrogen and oxygen atoms in total. The lowest BCUT2D eigenvalue weighted by Crippen LogP contribution is -2.28. The quantitative estimate of drug-likeness (QED) is 0.730. The summed E-state index contributed by atoms with van der Waals surface area (Å²) in [6, 6.07) is 5.56. The summed E-state index contributed by atoms with van der Waals surface area (Å²) in [5.74, 6) is 0.206. The van der Waals surface area contributed by atoms with Gasteiger partial charge in [0.2, 0.25) is 11.8 Å². The number of rotatable bonds is 5. The first kappa shape index (κ1) is 15.7. The molecule has 0 radical (unpaired) electrons. The summed E-state index contributed by atoms with van der Waals surface area (Å²) in [5, 5.41) is 13.3. The van der Waals surface area contributed by atoms with Crippen molar-refractivity contribution in [2.75, 3.05) is 10.6 Å². The molecule has 2 aromatic heterocycles. The summed E-state index contributed by atoms with van der Waals surface area (Å²) < 4.78 is 2.41. The highest BCUT2D eigenvalue weighted by molar-refractivity contribution is 7.16. The molecule has 2 N–H and O–H groups in total. The lowest BCUT2D eigenvalue weighted by atomic mass is 9.85. The smallest absolute Gasteiger partial charge is 0.246 e. The molecule has 0 bridgehead atoms. The minimum Gasteiger partial charge on any atom is -0.324 e. The fourth-order valence-electron chi connectivity index (χ4n) is 2.61. The van der Waals surface area contributed by atoms with Crippen molar-refractivity contribution in [1.29, 1.82) is 0 Å². The second-order valence-corrected chi connectivity index (χ2v) is 6.89. The highest BCUT2D eigenvalue weighted by Gasteiger charge is 2.25. The van der Waals surface area contributed by atoms with Gasteiger partial charge < -0.3 is 10.6 Å². The molecular formula is C16H16N6O2S. The number of carbonyl (C=O) groups excluding carboxylic acids is 2. The summed E-state index contributed by atoms with van der Waals surface area (Å²) in [6.45, 7) is 0.0209. The standard InChI is InChI=1S/C16H16N6O2S/c23-15(18-11-4-5-12-13(6-11)25-9-17-12)8-22-7-14(20-21-22)19-16(24)10-2-1-3-10/h4-7,9-10H,1-3,8H2,(H,18,23)(H,19,24). The van der Waals surface area contributed by atoms with Crippen LogP contribution in [0.4, 0.5) is 11.5 Å². The SMILES string of the molecule is O=C(Cn1cc(NC(=O)C2CCC2)nn1)Nc1ccc2ncsc2c1.